The fourth-order valence-electron chi connectivity index (χ4n) is 4.13. The molecular formula is C30H32BN3O2. The number of hydrogen-bond donors (Lipinski definition) is 1. The van der Waals surface area contributed by atoms with Gasteiger partial charge >= 0.3 is 215 Å². The third-order valence-electron chi connectivity index (χ3n) is 6.81. The number of benzene rings is 2. The van der Waals surface area contributed by atoms with Gasteiger partial charge in [-0.1, -0.05) is 0 Å². The summed E-state index contributed by atoms with van der Waals surface area (Å²) in [6.45, 7) is 7.12. The molecule has 182 valence electrons. The van der Waals surface area contributed by atoms with E-state index < -0.39 is 0 Å². The van der Waals surface area contributed by atoms with E-state index in [4.69, 9.17) is 9.47 Å². The third kappa shape index (κ3) is 5.65. The van der Waals surface area contributed by atoms with Gasteiger partial charge in [-0.3, -0.25) is 0 Å². The molecule has 2 aromatic carbocycles. The van der Waals surface area contributed by atoms with Gasteiger partial charge in [-0.2, -0.15) is 0 Å². The van der Waals surface area contributed by atoms with Crippen molar-refractivity contribution in [1.29, 1.82) is 0 Å². The van der Waals surface area contributed by atoms with Crippen LogP contribution in [0, 0.1) is 5.92 Å². The second kappa shape index (κ2) is 11.2. The number of hydrogen-bond acceptors (Lipinski definition) is 5. The molecule has 6 heteroatoms. The van der Waals surface area contributed by atoms with Crippen molar-refractivity contribution >= 4 is 18.8 Å². The summed E-state index contributed by atoms with van der Waals surface area (Å²) in [6, 6.07) is 24.4. The fourth-order valence-corrected chi connectivity index (χ4v) is 4.13. The molecule has 0 bridgehead atoms. The van der Waals surface area contributed by atoms with Gasteiger partial charge in [0.15, 0.2) is 0 Å². The standard InChI is InChI=1S/C30H32BN3O2/c1-21(2)30(3,24-10-8-22(9-11-24)23-17-28(35-4)19-32-18-23)29(31)34-25-12-14-27(15-13-25)36-20-26-7-5-6-16-33-26/h5-19,21,31,34H,20H2,1-4H3. The maximum atomic E-state index is 5.86. The molecule has 0 amide bonds. The van der Waals surface area contributed by atoms with Crippen molar-refractivity contribution in [1.82, 2.24) is 9.97 Å². The van der Waals surface area contributed by atoms with E-state index in [0.717, 1.165) is 39.6 Å². The Morgan fingerprint density at radius 2 is 1.69 bits per heavy atom. The molecule has 36 heavy (non-hydrogen) atoms. The number of nitrogens with zero attached hydrogens (tertiary/aromatic N) is 2. The Morgan fingerprint density at radius 1 is 0.944 bits per heavy atom. The number of aromatic nitrogens is 2. The van der Waals surface area contributed by atoms with Crippen LogP contribution in [0.3, 0.4) is 0 Å². The van der Waals surface area contributed by atoms with Crippen molar-refractivity contribution in [3.8, 4) is 22.6 Å². The molecule has 0 fully saturated rings. The molecule has 1 unspecified atom stereocenters. The van der Waals surface area contributed by atoms with Gasteiger partial charge in [0.25, 0.3) is 0 Å². The van der Waals surface area contributed by atoms with Crippen molar-refractivity contribution in [2.75, 3.05) is 12.4 Å². The number of anilines is 1. The van der Waals surface area contributed by atoms with Crippen LogP contribution in [0.5, 0.6) is 11.5 Å². The maximum absolute atomic E-state index is 5.86. The summed E-state index contributed by atoms with van der Waals surface area (Å²) < 4.78 is 11.2. The topological polar surface area (TPSA) is 56.3 Å². The summed E-state index contributed by atoms with van der Waals surface area (Å²) in [6.07, 6.45) is 5.33. The molecule has 4 aromatic rings. The molecule has 1 N–H and O–H groups in total. The molecule has 2 heterocycles. The zero-order valence-electron chi connectivity index (χ0n) is 21.4. The van der Waals surface area contributed by atoms with Crippen LogP contribution in [-0.2, 0) is 12.0 Å². The van der Waals surface area contributed by atoms with Gasteiger partial charge in [0.1, 0.15) is 0 Å². The number of rotatable bonds is 10. The molecule has 1 atom stereocenters. The van der Waals surface area contributed by atoms with Gasteiger partial charge in [0.2, 0.25) is 0 Å². The zero-order chi connectivity index (χ0) is 25.5. The molecule has 0 saturated heterocycles. The van der Waals surface area contributed by atoms with E-state index in [9.17, 15) is 0 Å². The van der Waals surface area contributed by atoms with E-state index in [1.54, 1.807) is 19.5 Å². The first-order valence-electron chi connectivity index (χ1n) is 12.1. The van der Waals surface area contributed by atoms with Crippen molar-refractivity contribution in [2.24, 2.45) is 5.92 Å². The number of methoxy groups -OCH3 is 1. The van der Waals surface area contributed by atoms with Crippen LogP contribution >= 0.6 is 0 Å². The molecule has 0 radical (unpaired) electrons. The average molecular weight is 477 g/mol. The Bertz CT molecular complexity index is 1290. The summed E-state index contributed by atoms with van der Waals surface area (Å²) in [7, 11) is 6.10. The van der Waals surface area contributed by atoms with Gasteiger partial charge in [-0.15, -0.1) is 0 Å². The van der Waals surface area contributed by atoms with Crippen molar-refractivity contribution in [2.45, 2.75) is 32.8 Å². The van der Waals surface area contributed by atoms with Crippen LogP contribution in [0.15, 0.2) is 91.4 Å². The van der Waals surface area contributed by atoms with E-state index in [0.29, 0.717) is 12.5 Å². The Balaban J connectivity index is 1.47. The van der Waals surface area contributed by atoms with Gasteiger partial charge in [0, 0.05) is 0 Å². The Morgan fingerprint density at radius 3 is 2.33 bits per heavy atom. The molecular weight excluding hydrogens is 445 g/mol. The Labute approximate surface area is 214 Å². The molecule has 0 saturated carbocycles. The second-order valence-corrected chi connectivity index (χ2v) is 9.29. The Kier molecular flexibility index (Phi) is 7.84. The fraction of sp³-hybridized carbons (Fsp3) is 0.233. The molecule has 2 aromatic heterocycles. The van der Waals surface area contributed by atoms with E-state index >= 15 is 0 Å². The molecule has 0 aliphatic rings. The number of nitrogens with one attached hydrogen (secondary N) is 1. The summed E-state index contributed by atoms with van der Waals surface area (Å²) >= 11 is 0. The molecule has 0 spiro atoms. The van der Waals surface area contributed by atoms with Gasteiger partial charge < -0.3 is 0 Å². The first-order chi connectivity index (χ1) is 17.4. The normalized spacial score (nSPS) is 12.6. The van der Waals surface area contributed by atoms with Gasteiger partial charge in [-0.05, 0) is 0 Å². The van der Waals surface area contributed by atoms with Crippen molar-refractivity contribution in [3.63, 3.8) is 0 Å². The average Bonchev–Trinajstić information content (AvgIpc) is 2.92. The van der Waals surface area contributed by atoms with E-state index in [2.05, 4.69) is 67.8 Å². The van der Waals surface area contributed by atoms with Crippen LogP contribution in [-0.4, -0.2) is 30.2 Å². The summed E-state index contributed by atoms with van der Waals surface area (Å²) in [5.41, 5.74) is 5.84. The number of ether oxygens (including phenoxy) is 2. The molecule has 0 aliphatic heterocycles. The molecule has 4 rings (SSSR count). The quantitative estimate of drug-likeness (QED) is 0.293. The van der Waals surface area contributed by atoms with Crippen molar-refractivity contribution in [3.05, 3.63) is 103 Å². The van der Waals surface area contributed by atoms with Crippen LogP contribution in [0.4, 0.5) is 5.69 Å². The van der Waals surface area contributed by atoms with Gasteiger partial charge in [0.05, 0.1) is 0 Å². The Hall–Kier alpha value is -3.93. The van der Waals surface area contributed by atoms with Gasteiger partial charge in [-0.25, -0.2) is 0 Å². The molecule has 5 nitrogen and oxygen atoms in total. The summed E-state index contributed by atoms with van der Waals surface area (Å²) in [4.78, 5) is 8.57. The second-order valence-electron chi connectivity index (χ2n) is 9.29. The van der Waals surface area contributed by atoms with Crippen LogP contribution in [0.2, 0.25) is 0 Å². The predicted octanol–water partition coefficient (Wildman–Crippen LogP) is 5.79. The zero-order valence-corrected chi connectivity index (χ0v) is 21.4. The van der Waals surface area contributed by atoms with E-state index in [1.165, 1.54) is 5.56 Å². The van der Waals surface area contributed by atoms with E-state index in [1.807, 2.05) is 54.7 Å². The SMILES string of the molecule is B=C(Nc1ccc(OCc2ccccn2)cc1)C(C)(c1ccc(-c2cncc(OC)c2)cc1)C(C)C. The van der Waals surface area contributed by atoms with E-state index in [-0.39, 0.29) is 5.41 Å². The first kappa shape index (κ1) is 25.2. The third-order valence-corrected chi connectivity index (χ3v) is 6.81. The van der Waals surface area contributed by atoms with Crippen molar-refractivity contribution < 1.29 is 9.47 Å². The summed E-state index contributed by atoms with van der Waals surface area (Å²) in [5.74, 6) is 1.86. The van der Waals surface area contributed by atoms with Crippen LogP contribution < -0.4 is 14.8 Å². The monoisotopic (exact) mass is 477 g/mol. The minimum atomic E-state index is -0.278. The van der Waals surface area contributed by atoms with Crippen LogP contribution in [0.1, 0.15) is 32.0 Å². The first-order valence-corrected chi connectivity index (χ1v) is 12.1. The molecule has 0 aliphatic carbocycles. The minimum absolute atomic E-state index is 0.278. The summed E-state index contributed by atoms with van der Waals surface area (Å²) in [5, 5.41) is 3.54. The van der Waals surface area contributed by atoms with Crippen LogP contribution in [0.25, 0.3) is 11.1 Å². The number of pyridine rings is 2. The predicted molar refractivity (Wildman–Crippen MR) is 149 cm³/mol.